The van der Waals surface area contributed by atoms with Crippen molar-refractivity contribution in [3.63, 3.8) is 0 Å². The van der Waals surface area contributed by atoms with Crippen LogP contribution in [0.4, 0.5) is 0 Å². The predicted octanol–water partition coefficient (Wildman–Crippen LogP) is 0.943. The first-order valence-electron chi connectivity index (χ1n) is 4.33. The summed E-state index contributed by atoms with van der Waals surface area (Å²) in [6.07, 6.45) is 2.83. The van der Waals surface area contributed by atoms with E-state index in [-0.39, 0.29) is 6.10 Å². The van der Waals surface area contributed by atoms with Gasteiger partial charge in [-0.2, -0.15) is 0 Å². The average Bonchev–Trinajstić information content (AvgIpc) is 2.10. The van der Waals surface area contributed by atoms with E-state index in [2.05, 4.69) is 6.58 Å². The number of ether oxygens (including phenoxy) is 2. The van der Waals surface area contributed by atoms with Crippen LogP contribution in [-0.2, 0) is 9.47 Å². The first-order valence-corrected chi connectivity index (χ1v) is 4.33. The molecule has 72 valence electrons. The molecule has 0 amide bonds. The van der Waals surface area contributed by atoms with Crippen LogP contribution in [0.25, 0.3) is 0 Å². The third-order valence-electron chi connectivity index (χ3n) is 1.41. The van der Waals surface area contributed by atoms with Crippen molar-refractivity contribution in [3.05, 3.63) is 12.7 Å². The van der Waals surface area contributed by atoms with Gasteiger partial charge < -0.3 is 15.2 Å². The van der Waals surface area contributed by atoms with Crippen molar-refractivity contribution >= 4 is 0 Å². The number of hydrogen-bond donors (Lipinski definition) is 1. The Morgan fingerprint density at radius 2 is 2.17 bits per heavy atom. The largest absolute Gasteiger partial charge is 0.380 e. The van der Waals surface area contributed by atoms with E-state index < -0.39 is 0 Å². The third kappa shape index (κ3) is 7.72. The van der Waals surface area contributed by atoms with Gasteiger partial charge in [0, 0.05) is 19.8 Å². The average molecular weight is 173 g/mol. The fourth-order valence-corrected chi connectivity index (χ4v) is 0.684. The van der Waals surface area contributed by atoms with Gasteiger partial charge in [0.2, 0.25) is 0 Å². The summed E-state index contributed by atoms with van der Waals surface area (Å²) in [4.78, 5) is 0. The summed E-state index contributed by atoms with van der Waals surface area (Å²) in [5.74, 6) is 0. The number of rotatable bonds is 8. The summed E-state index contributed by atoms with van der Waals surface area (Å²) < 4.78 is 10.5. The maximum atomic E-state index is 5.34. The van der Waals surface area contributed by atoms with E-state index in [0.29, 0.717) is 13.2 Å². The highest BCUT2D eigenvalue weighted by atomic mass is 16.5. The second-order valence-corrected chi connectivity index (χ2v) is 2.57. The molecule has 1 atom stereocenters. The lowest BCUT2D eigenvalue weighted by Gasteiger charge is -2.07. The molecule has 0 heterocycles. The van der Waals surface area contributed by atoms with Crippen LogP contribution in [0.5, 0.6) is 0 Å². The summed E-state index contributed by atoms with van der Waals surface area (Å²) in [5, 5.41) is 0. The lowest BCUT2D eigenvalue weighted by Crippen LogP contribution is -2.11. The van der Waals surface area contributed by atoms with Gasteiger partial charge in [0.05, 0.1) is 12.7 Å². The first-order chi connectivity index (χ1) is 5.81. The molecular weight excluding hydrogens is 154 g/mol. The van der Waals surface area contributed by atoms with Gasteiger partial charge >= 0.3 is 0 Å². The van der Waals surface area contributed by atoms with Crippen molar-refractivity contribution in [1.29, 1.82) is 0 Å². The quantitative estimate of drug-likeness (QED) is 0.439. The fourth-order valence-electron chi connectivity index (χ4n) is 0.684. The minimum atomic E-state index is 0.138. The molecule has 0 aromatic heterocycles. The van der Waals surface area contributed by atoms with Crippen molar-refractivity contribution in [3.8, 4) is 0 Å². The Hall–Kier alpha value is -0.380. The second-order valence-electron chi connectivity index (χ2n) is 2.57. The maximum absolute atomic E-state index is 5.34. The van der Waals surface area contributed by atoms with Crippen molar-refractivity contribution < 1.29 is 9.47 Å². The Morgan fingerprint density at radius 1 is 1.42 bits per heavy atom. The Bertz CT molecular complexity index is 107. The molecule has 2 N–H and O–H groups in total. The molecule has 0 aliphatic heterocycles. The zero-order valence-corrected chi connectivity index (χ0v) is 7.79. The van der Waals surface area contributed by atoms with Gasteiger partial charge in [0.25, 0.3) is 0 Å². The van der Waals surface area contributed by atoms with Crippen molar-refractivity contribution in [1.82, 2.24) is 0 Å². The molecule has 0 spiro atoms. The molecule has 0 bridgehead atoms. The zero-order valence-electron chi connectivity index (χ0n) is 7.79. The summed E-state index contributed by atoms with van der Waals surface area (Å²) in [7, 11) is 0. The molecule has 0 unspecified atom stereocenters. The highest BCUT2D eigenvalue weighted by Crippen LogP contribution is 1.92. The Kier molecular flexibility index (Phi) is 8.44. The number of hydrogen-bond acceptors (Lipinski definition) is 3. The highest BCUT2D eigenvalue weighted by Gasteiger charge is 1.94. The van der Waals surface area contributed by atoms with Crippen LogP contribution < -0.4 is 5.73 Å². The van der Waals surface area contributed by atoms with Crippen LogP contribution in [-0.4, -0.2) is 32.5 Å². The molecule has 0 aliphatic carbocycles. The van der Waals surface area contributed by atoms with Crippen LogP contribution >= 0.6 is 0 Å². The van der Waals surface area contributed by atoms with Crippen LogP contribution in [0.15, 0.2) is 12.7 Å². The van der Waals surface area contributed by atoms with E-state index in [1.807, 2.05) is 6.92 Å². The van der Waals surface area contributed by atoms with Gasteiger partial charge in [-0.15, -0.1) is 6.58 Å². The highest BCUT2D eigenvalue weighted by molar-refractivity contribution is 4.74. The van der Waals surface area contributed by atoms with Gasteiger partial charge in [0.15, 0.2) is 0 Å². The summed E-state index contributed by atoms with van der Waals surface area (Å²) in [5.41, 5.74) is 5.24. The first kappa shape index (κ1) is 11.6. The molecule has 0 aromatic carbocycles. The predicted molar refractivity (Wildman–Crippen MR) is 50.1 cm³/mol. The normalized spacial score (nSPS) is 12.8. The lowest BCUT2D eigenvalue weighted by atomic mass is 10.4. The van der Waals surface area contributed by atoms with Crippen molar-refractivity contribution in [2.24, 2.45) is 5.73 Å². The van der Waals surface area contributed by atoms with Crippen molar-refractivity contribution in [2.75, 3.05) is 26.4 Å². The van der Waals surface area contributed by atoms with E-state index in [4.69, 9.17) is 15.2 Å². The summed E-state index contributed by atoms with van der Waals surface area (Å²) >= 11 is 0. The smallest absolute Gasteiger partial charge is 0.0725 e. The van der Waals surface area contributed by atoms with Crippen LogP contribution in [0, 0.1) is 0 Å². The Balaban J connectivity index is 2.95. The van der Waals surface area contributed by atoms with E-state index in [1.165, 1.54) is 0 Å². The zero-order chi connectivity index (χ0) is 9.23. The SMILES string of the molecule is C=C[C@@H](C)OCCCOCCN. The molecule has 3 heteroatoms. The van der Waals surface area contributed by atoms with E-state index in [1.54, 1.807) is 6.08 Å². The Labute approximate surface area is 74.5 Å². The van der Waals surface area contributed by atoms with Crippen LogP contribution in [0.2, 0.25) is 0 Å². The Morgan fingerprint density at radius 3 is 2.75 bits per heavy atom. The van der Waals surface area contributed by atoms with Crippen LogP contribution in [0.1, 0.15) is 13.3 Å². The van der Waals surface area contributed by atoms with Gasteiger partial charge in [-0.3, -0.25) is 0 Å². The molecule has 0 fully saturated rings. The van der Waals surface area contributed by atoms with Crippen LogP contribution in [0.3, 0.4) is 0 Å². The molecule has 0 radical (unpaired) electrons. The number of nitrogens with two attached hydrogens (primary N) is 1. The third-order valence-corrected chi connectivity index (χ3v) is 1.41. The molecule has 12 heavy (non-hydrogen) atoms. The van der Waals surface area contributed by atoms with E-state index in [9.17, 15) is 0 Å². The monoisotopic (exact) mass is 173 g/mol. The molecule has 0 aliphatic rings. The molecule has 0 saturated carbocycles. The fraction of sp³-hybridized carbons (Fsp3) is 0.778. The van der Waals surface area contributed by atoms with Gasteiger partial charge in [-0.25, -0.2) is 0 Å². The summed E-state index contributed by atoms with van der Waals surface area (Å²) in [6, 6.07) is 0. The van der Waals surface area contributed by atoms with E-state index in [0.717, 1.165) is 19.6 Å². The van der Waals surface area contributed by atoms with Gasteiger partial charge in [0.1, 0.15) is 0 Å². The maximum Gasteiger partial charge on any atom is 0.0725 e. The standard InChI is InChI=1S/C9H19NO2/c1-3-9(2)12-7-4-6-11-8-5-10/h3,9H,1,4-8,10H2,2H3/t9-/m1/s1. The molecule has 0 saturated heterocycles. The molecule has 3 nitrogen and oxygen atoms in total. The van der Waals surface area contributed by atoms with E-state index >= 15 is 0 Å². The minimum absolute atomic E-state index is 0.138. The van der Waals surface area contributed by atoms with Gasteiger partial charge in [-0.1, -0.05) is 6.08 Å². The summed E-state index contributed by atoms with van der Waals surface area (Å²) in [6.45, 7) is 8.25. The molecule has 0 aromatic rings. The topological polar surface area (TPSA) is 44.5 Å². The molecule has 0 rings (SSSR count). The minimum Gasteiger partial charge on any atom is -0.380 e. The van der Waals surface area contributed by atoms with Gasteiger partial charge in [-0.05, 0) is 13.3 Å². The second kappa shape index (κ2) is 8.71. The van der Waals surface area contributed by atoms with Crippen molar-refractivity contribution in [2.45, 2.75) is 19.4 Å². The lowest BCUT2D eigenvalue weighted by molar-refractivity contribution is 0.0653. The molecular formula is C9H19NO2.